The minimum Gasteiger partial charge on any atom is -0.459 e. The molecule has 0 saturated carbocycles. The van der Waals surface area contributed by atoms with Crippen molar-refractivity contribution in [3.05, 3.63) is 75.1 Å². The zero-order valence-electron chi connectivity index (χ0n) is 16.2. The minimum absolute atomic E-state index is 0.0145. The van der Waals surface area contributed by atoms with Crippen molar-refractivity contribution in [1.29, 1.82) is 0 Å². The fraction of sp³-hybridized carbons (Fsp3) is 0.150. The number of nitro benzene ring substituents is 1. The molecule has 0 aliphatic heterocycles. The molecule has 1 N–H and O–H groups in total. The number of carbonyl (C=O) groups is 1. The van der Waals surface area contributed by atoms with Crippen molar-refractivity contribution in [2.75, 3.05) is 5.32 Å². The number of carbonyl (C=O) groups excluding carboxylic acids is 1. The lowest BCUT2D eigenvalue weighted by Gasteiger charge is -2.08. The van der Waals surface area contributed by atoms with Gasteiger partial charge in [0.15, 0.2) is 10.8 Å². The van der Waals surface area contributed by atoms with E-state index < -0.39 is 4.92 Å². The van der Waals surface area contributed by atoms with Gasteiger partial charge in [0.05, 0.1) is 28.4 Å². The van der Waals surface area contributed by atoms with Crippen LogP contribution in [-0.2, 0) is 11.2 Å². The van der Waals surface area contributed by atoms with Gasteiger partial charge in [-0.15, -0.1) is 11.3 Å². The van der Waals surface area contributed by atoms with Gasteiger partial charge in [-0.1, -0.05) is 0 Å². The number of anilines is 1. The normalized spacial score (nSPS) is 10.9. The van der Waals surface area contributed by atoms with E-state index >= 15 is 0 Å². The monoisotopic (exact) mass is 423 g/mol. The Labute approximate surface area is 175 Å². The van der Waals surface area contributed by atoms with Gasteiger partial charge in [-0.2, -0.15) is 5.10 Å². The summed E-state index contributed by atoms with van der Waals surface area (Å²) >= 11 is 1.41. The van der Waals surface area contributed by atoms with Gasteiger partial charge >= 0.3 is 0 Å². The summed E-state index contributed by atoms with van der Waals surface area (Å²) in [4.78, 5) is 27.4. The summed E-state index contributed by atoms with van der Waals surface area (Å²) in [6.07, 6.45) is 0.0979. The molecule has 4 aromatic rings. The minimum atomic E-state index is -0.465. The number of nitrogens with one attached hydrogen (secondary N) is 1. The molecular formula is C20H17N5O4S. The van der Waals surface area contributed by atoms with Gasteiger partial charge in [0.1, 0.15) is 11.6 Å². The zero-order chi connectivity index (χ0) is 21.3. The number of furan rings is 1. The molecule has 0 unspecified atom stereocenters. The predicted molar refractivity (Wildman–Crippen MR) is 112 cm³/mol. The Morgan fingerprint density at radius 3 is 2.67 bits per heavy atom. The largest absolute Gasteiger partial charge is 0.459 e. The Morgan fingerprint density at radius 1 is 1.23 bits per heavy atom. The maximum Gasteiger partial charge on any atom is 0.269 e. The van der Waals surface area contributed by atoms with Crippen LogP contribution in [0.5, 0.6) is 0 Å². The van der Waals surface area contributed by atoms with Gasteiger partial charge in [-0.05, 0) is 38.1 Å². The Morgan fingerprint density at radius 2 is 2.00 bits per heavy atom. The third-order valence-electron chi connectivity index (χ3n) is 4.25. The van der Waals surface area contributed by atoms with E-state index in [-0.39, 0.29) is 18.0 Å². The Balaban J connectivity index is 1.49. The van der Waals surface area contributed by atoms with Crippen LogP contribution in [0.25, 0.3) is 16.5 Å². The van der Waals surface area contributed by atoms with Crippen LogP contribution in [0.15, 0.2) is 52.3 Å². The molecular weight excluding hydrogens is 406 g/mol. The molecule has 0 atom stereocenters. The van der Waals surface area contributed by atoms with Crippen molar-refractivity contribution < 1.29 is 14.1 Å². The highest BCUT2D eigenvalue weighted by Crippen LogP contribution is 2.26. The lowest BCUT2D eigenvalue weighted by Crippen LogP contribution is -2.17. The first-order valence-electron chi connectivity index (χ1n) is 9.01. The summed E-state index contributed by atoms with van der Waals surface area (Å²) < 4.78 is 7.10. The lowest BCUT2D eigenvalue weighted by atomic mass is 10.3. The number of aryl methyl sites for hydroxylation is 2. The van der Waals surface area contributed by atoms with Crippen LogP contribution < -0.4 is 5.32 Å². The van der Waals surface area contributed by atoms with Crippen LogP contribution in [0.1, 0.15) is 17.1 Å². The number of nitro groups is 1. The Kier molecular flexibility index (Phi) is 5.15. The molecule has 0 bridgehead atoms. The van der Waals surface area contributed by atoms with Crippen molar-refractivity contribution in [1.82, 2.24) is 14.8 Å². The van der Waals surface area contributed by atoms with Crippen LogP contribution in [0.3, 0.4) is 0 Å². The summed E-state index contributed by atoms with van der Waals surface area (Å²) in [6, 6.07) is 11.4. The number of rotatable bonds is 6. The number of aromatic nitrogens is 3. The third kappa shape index (κ3) is 4.13. The van der Waals surface area contributed by atoms with Crippen LogP contribution in [0.4, 0.5) is 11.5 Å². The van der Waals surface area contributed by atoms with Crippen LogP contribution >= 0.6 is 11.3 Å². The van der Waals surface area contributed by atoms with E-state index in [0.29, 0.717) is 28.7 Å². The molecule has 3 aromatic heterocycles. The van der Waals surface area contributed by atoms with E-state index in [1.54, 1.807) is 25.1 Å². The number of hydrogen-bond acceptors (Lipinski definition) is 7. The molecule has 0 radical (unpaired) electrons. The van der Waals surface area contributed by atoms with E-state index in [0.717, 1.165) is 10.8 Å². The molecule has 0 aliphatic carbocycles. The molecule has 1 amide bonds. The van der Waals surface area contributed by atoms with E-state index in [1.165, 1.54) is 28.2 Å². The highest BCUT2D eigenvalue weighted by Gasteiger charge is 2.15. The number of nitrogens with zero attached hydrogens (tertiary/aromatic N) is 4. The number of benzene rings is 1. The topological polar surface area (TPSA) is 116 Å². The molecule has 3 heterocycles. The van der Waals surface area contributed by atoms with Crippen molar-refractivity contribution in [2.45, 2.75) is 20.3 Å². The first-order valence-corrected chi connectivity index (χ1v) is 9.89. The Hall–Kier alpha value is -3.79. The van der Waals surface area contributed by atoms with E-state index in [4.69, 9.17) is 4.42 Å². The number of hydrogen-bond donors (Lipinski definition) is 1. The molecule has 0 fully saturated rings. The van der Waals surface area contributed by atoms with E-state index in [9.17, 15) is 14.9 Å². The summed E-state index contributed by atoms with van der Waals surface area (Å²) in [5, 5.41) is 20.6. The first-order chi connectivity index (χ1) is 14.4. The number of thiazole rings is 1. The van der Waals surface area contributed by atoms with Gasteiger partial charge in [-0.25, -0.2) is 9.67 Å². The van der Waals surface area contributed by atoms with Crippen molar-refractivity contribution in [3.63, 3.8) is 0 Å². The maximum absolute atomic E-state index is 12.6. The second kappa shape index (κ2) is 7.91. The molecule has 0 saturated heterocycles. The summed E-state index contributed by atoms with van der Waals surface area (Å²) in [6.45, 7) is 3.66. The van der Waals surface area contributed by atoms with Crippen molar-refractivity contribution in [2.24, 2.45) is 0 Å². The average molecular weight is 423 g/mol. The summed E-state index contributed by atoms with van der Waals surface area (Å²) in [7, 11) is 0. The molecule has 1 aromatic carbocycles. The highest BCUT2D eigenvalue weighted by atomic mass is 32.1. The smallest absolute Gasteiger partial charge is 0.269 e. The lowest BCUT2D eigenvalue weighted by molar-refractivity contribution is -0.384. The average Bonchev–Trinajstić information content (AvgIpc) is 3.42. The summed E-state index contributed by atoms with van der Waals surface area (Å²) in [5.41, 5.74) is 1.93. The number of non-ortho nitro benzene ring substituents is 1. The van der Waals surface area contributed by atoms with E-state index in [2.05, 4.69) is 15.4 Å². The van der Waals surface area contributed by atoms with Gasteiger partial charge in [0.25, 0.3) is 5.69 Å². The second-order valence-corrected chi connectivity index (χ2v) is 7.49. The van der Waals surface area contributed by atoms with Gasteiger partial charge in [0.2, 0.25) is 5.91 Å². The molecule has 9 nitrogen and oxygen atoms in total. The zero-order valence-corrected chi connectivity index (χ0v) is 17.0. The summed E-state index contributed by atoms with van der Waals surface area (Å²) in [5.74, 6) is 1.71. The first kappa shape index (κ1) is 19.5. The van der Waals surface area contributed by atoms with Gasteiger partial charge < -0.3 is 9.73 Å². The van der Waals surface area contributed by atoms with Crippen molar-refractivity contribution in [3.8, 4) is 16.5 Å². The molecule has 30 heavy (non-hydrogen) atoms. The molecule has 4 rings (SSSR count). The van der Waals surface area contributed by atoms with Crippen molar-refractivity contribution >= 4 is 28.7 Å². The number of amides is 1. The standard InChI is InChI=1S/C20H17N5O4S/c1-12-9-18(24(23-12)15-4-6-16(7-5-15)25(27)28)22-19(26)10-14-11-30-20(21-14)17-8-3-13(2)29-17/h3-9,11H,10H2,1-2H3,(H,22,26). The second-order valence-electron chi connectivity index (χ2n) is 6.64. The van der Waals surface area contributed by atoms with Crippen LogP contribution in [0, 0.1) is 24.0 Å². The Bertz CT molecular complexity index is 1220. The molecule has 0 spiro atoms. The molecule has 10 heteroatoms. The highest BCUT2D eigenvalue weighted by molar-refractivity contribution is 7.13. The predicted octanol–water partition coefficient (Wildman–Crippen LogP) is 4.30. The fourth-order valence-corrected chi connectivity index (χ4v) is 3.68. The van der Waals surface area contributed by atoms with Crippen LogP contribution in [-0.4, -0.2) is 25.6 Å². The quantitative estimate of drug-likeness (QED) is 0.365. The fourth-order valence-electron chi connectivity index (χ4n) is 2.90. The van der Waals surface area contributed by atoms with E-state index in [1.807, 2.05) is 24.4 Å². The molecule has 152 valence electrons. The van der Waals surface area contributed by atoms with Crippen LogP contribution in [0.2, 0.25) is 0 Å². The van der Waals surface area contributed by atoms with Gasteiger partial charge in [0, 0.05) is 23.6 Å². The van der Waals surface area contributed by atoms with Gasteiger partial charge in [-0.3, -0.25) is 14.9 Å². The SMILES string of the molecule is Cc1cc(NC(=O)Cc2csc(-c3ccc(C)o3)n2)n(-c2ccc([N+](=O)[O-])cc2)n1. The molecule has 0 aliphatic rings. The maximum atomic E-state index is 12.6. The third-order valence-corrected chi connectivity index (χ3v) is 5.15.